The van der Waals surface area contributed by atoms with Crippen molar-refractivity contribution in [3.8, 4) is 11.5 Å². The summed E-state index contributed by atoms with van der Waals surface area (Å²) >= 11 is 0. The second kappa shape index (κ2) is 10.9. The van der Waals surface area contributed by atoms with Gasteiger partial charge in [-0.1, -0.05) is 77.9 Å². The summed E-state index contributed by atoms with van der Waals surface area (Å²) < 4.78 is 40.5. The SMILES string of the molecule is CC(C)(C)c1ccc(OCCNC(=O)C2CN(S(=O)(=O)c3ccccc3)c3cc(C(C)(C)C)ccc3O2)cc1. The van der Waals surface area contributed by atoms with Crippen LogP contribution in [-0.2, 0) is 25.6 Å². The zero-order chi connectivity index (χ0) is 28.4. The molecule has 4 rings (SSSR count). The van der Waals surface area contributed by atoms with Crippen molar-refractivity contribution < 1.29 is 22.7 Å². The van der Waals surface area contributed by atoms with Gasteiger partial charge >= 0.3 is 0 Å². The lowest BCUT2D eigenvalue weighted by atomic mass is 9.86. The molecule has 0 saturated heterocycles. The Morgan fingerprint density at radius 3 is 2.15 bits per heavy atom. The summed E-state index contributed by atoms with van der Waals surface area (Å²) in [5, 5.41) is 2.83. The number of hydrogen-bond acceptors (Lipinski definition) is 5. The number of carbonyl (C=O) groups is 1. The first-order chi connectivity index (χ1) is 18.3. The van der Waals surface area contributed by atoms with E-state index in [2.05, 4.69) is 46.9 Å². The third-order valence-corrected chi connectivity index (χ3v) is 8.50. The van der Waals surface area contributed by atoms with Gasteiger partial charge in [0.25, 0.3) is 15.9 Å². The van der Waals surface area contributed by atoms with Crippen LogP contribution in [0.15, 0.2) is 77.7 Å². The van der Waals surface area contributed by atoms with Gasteiger partial charge in [0.2, 0.25) is 0 Å². The molecule has 0 aromatic heterocycles. The number of carbonyl (C=O) groups excluding carboxylic acids is 1. The quantitative estimate of drug-likeness (QED) is 0.397. The first-order valence-corrected chi connectivity index (χ1v) is 14.6. The van der Waals surface area contributed by atoms with Crippen LogP contribution in [0.5, 0.6) is 11.5 Å². The van der Waals surface area contributed by atoms with Crippen LogP contribution in [0, 0.1) is 0 Å². The zero-order valence-corrected chi connectivity index (χ0v) is 24.3. The number of benzene rings is 3. The summed E-state index contributed by atoms with van der Waals surface area (Å²) in [4.78, 5) is 13.3. The molecule has 0 fully saturated rings. The Labute approximate surface area is 232 Å². The third kappa shape index (κ3) is 6.56. The molecule has 1 N–H and O–H groups in total. The first-order valence-electron chi connectivity index (χ1n) is 13.2. The van der Waals surface area contributed by atoms with Crippen LogP contribution in [0.1, 0.15) is 52.7 Å². The van der Waals surface area contributed by atoms with Crippen LogP contribution in [0.4, 0.5) is 5.69 Å². The molecule has 8 heteroatoms. The molecule has 1 unspecified atom stereocenters. The van der Waals surface area contributed by atoms with Crippen LogP contribution < -0.4 is 19.1 Å². The number of ether oxygens (including phenoxy) is 2. The maximum Gasteiger partial charge on any atom is 0.264 e. The molecule has 1 heterocycles. The van der Waals surface area contributed by atoms with Gasteiger partial charge in [-0.2, -0.15) is 0 Å². The number of hydrogen-bond donors (Lipinski definition) is 1. The smallest absolute Gasteiger partial charge is 0.264 e. The minimum Gasteiger partial charge on any atom is -0.492 e. The molecule has 3 aromatic rings. The molecule has 0 spiro atoms. The summed E-state index contributed by atoms with van der Waals surface area (Å²) in [6.45, 7) is 13.0. The first kappa shape index (κ1) is 28.5. The van der Waals surface area contributed by atoms with Crippen molar-refractivity contribution in [1.82, 2.24) is 5.32 Å². The van der Waals surface area contributed by atoms with Crippen molar-refractivity contribution in [3.63, 3.8) is 0 Å². The Bertz CT molecular complexity index is 1410. The van der Waals surface area contributed by atoms with E-state index in [0.29, 0.717) is 11.4 Å². The Morgan fingerprint density at radius 2 is 1.54 bits per heavy atom. The van der Waals surface area contributed by atoms with Gasteiger partial charge in [0.1, 0.15) is 18.1 Å². The van der Waals surface area contributed by atoms with Gasteiger partial charge < -0.3 is 14.8 Å². The minimum absolute atomic E-state index is 0.0569. The van der Waals surface area contributed by atoms with Crippen LogP contribution in [0.2, 0.25) is 0 Å². The Balaban J connectivity index is 1.48. The molecule has 0 radical (unpaired) electrons. The molecule has 1 aliphatic rings. The van der Waals surface area contributed by atoms with Gasteiger partial charge in [-0.25, -0.2) is 8.42 Å². The van der Waals surface area contributed by atoms with Crippen molar-refractivity contribution in [2.45, 2.75) is 63.4 Å². The van der Waals surface area contributed by atoms with Crippen molar-refractivity contribution in [2.75, 3.05) is 24.0 Å². The van der Waals surface area contributed by atoms with Gasteiger partial charge in [0.05, 0.1) is 23.7 Å². The molecule has 0 saturated carbocycles. The van der Waals surface area contributed by atoms with Crippen molar-refractivity contribution >= 4 is 21.6 Å². The van der Waals surface area contributed by atoms with E-state index in [4.69, 9.17) is 9.47 Å². The van der Waals surface area contributed by atoms with E-state index < -0.39 is 22.0 Å². The lowest BCUT2D eigenvalue weighted by Crippen LogP contribution is -2.51. The largest absolute Gasteiger partial charge is 0.492 e. The molecular formula is C31H38N2O5S. The predicted molar refractivity (Wildman–Crippen MR) is 154 cm³/mol. The average Bonchev–Trinajstić information content (AvgIpc) is 2.89. The minimum atomic E-state index is -3.93. The van der Waals surface area contributed by atoms with Crippen molar-refractivity contribution in [2.24, 2.45) is 0 Å². The average molecular weight is 551 g/mol. The van der Waals surface area contributed by atoms with E-state index in [9.17, 15) is 13.2 Å². The molecule has 0 aliphatic carbocycles. The Kier molecular flexibility index (Phi) is 7.98. The highest BCUT2D eigenvalue weighted by molar-refractivity contribution is 7.92. The monoisotopic (exact) mass is 550 g/mol. The molecule has 1 aliphatic heterocycles. The fraction of sp³-hybridized carbons (Fsp3) is 0.387. The van der Waals surface area contributed by atoms with Crippen LogP contribution in [0.25, 0.3) is 0 Å². The lowest BCUT2D eigenvalue weighted by Gasteiger charge is -2.36. The molecule has 7 nitrogen and oxygen atoms in total. The Morgan fingerprint density at radius 1 is 0.923 bits per heavy atom. The van der Waals surface area contributed by atoms with Gasteiger partial charge in [-0.15, -0.1) is 0 Å². The molecular weight excluding hydrogens is 512 g/mol. The van der Waals surface area contributed by atoms with Crippen LogP contribution >= 0.6 is 0 Å². The maximum atomic E-state index is 13.7. The van der Waals surface area contributed by atoms with Gasteiger partial charge in [0, 0.05) is 0 Å². The van der Waals surface area contributed by atoms with Crippen LogP contribution in [-0.4, -0.2) is 40.1 Å². The second-order valence-electron chi connectivity index (χ2n) is 11.8. The molecule has 39 heavy (non-hydrogen) atoms. The van der Waals surface area contributed by atoms with E-state index in [1.807, 2.05) is 36.4 Å². The van der Waals surface area contributed by atoms with E-state index in [1.165, 1.54) is 9.87 Å². The number of rotatable bonds is 7. The number of amides is 1. The molecule has 1 amide bonds. The summed E-state index contributed by atoms with van der Waals surface area (Å²) in [5.41, 5.74) is 2.47. The second-order valence-corrected chi connectivity index (χ2v) is 13.7. The topological polar surface area (TPSA) is 84.9 Å². The summed E-state index contributed by atoms with van der Waals surface area (Å²) in [7, 11) is -3.93. The summed E-state index contributed by atoms with van der Waals surface area (Å²) in [6.07, 6.45) is -1.01. The Hall–Kier alpha value is -3.52. The highest BCUT2D eigenvalue weighted by Gasteiger charge is 2.38. The van der Waals surface area contributed by atoms with E-state index in [-0.39, 0.29) is 35.4 Å². The van der Waals surface area contributed by atoms with E-state index >= 15 is 0 Å². The van der Waals surface area contributed by atoms with Gasteiger partial charge in [-0.05, 0) is 58.4 Å². The summed E-state index contributed by atoms with van der Waals surface area (Å²) in [5.74, 6) is 0.666. The van der Waals surface area contributed by atoms with Crippen molar-refractivity contribution in [3.05, 3.63) is 83.9 Å². The zero-order valence-electron chi connectivity index (χ0n) is 23.5. The van der Waals surface area contributed by atoms with Gasteiger partial charge in [-0.3, -0.25) is 9.10 Å². The van der Waals surface area contributed by atoms with E-state index in [1.54, 1.807) is 36.4 Å². The number of fused-ring (bicyclic) bond motifs is 1. The molecule has 3 aromatic carbocycles. The predicted octanol–water partition coefficient (Wildman–Crippen LogP) is 5.43. The third-order valence-electron chi connectivity index (χ3n) is 6.71. The normalized spacial score (nSPS) is 15.7. The number of nitrogens with one attached hydrogen (secondary N) is 1. The fourth-order valence-corrected chi connectivity index (χ4v) is 5.80. The molecule has 208 valence electrons. The summed E-state index contributed by atoms with van der Waals surface area (Å²) in [6, 6.07) is 21.6. The van der Waals surface area contributed by atoms with Gasteiger partial charge in [0.15, 0.2) is 6.10 Å². The molecule has 1 atom stereocenters. The highest BCUT2D eigenvalue weighted by atomic mass is 32.2. The number of sulfonamides is 1. The number of anilines is 1. The maximum absolute atomic E-state index is 13.7. The van der Waals surface area contributed by atoms with Crippen LogP contribution in [0.3, 0.4) is 0 Å². The van der Waals surface area contributed by atoms with E-state index in [0.717, 1.165) is 11.3 Å². The number of nitrogens with zero attached hydrogens (tertiary/aromatic N) is 1. The fourth-order valence-electron chi connectivity index (χ4n) is 4.31. The lowest BCUT2D eigenvalue weighted by molar-refractivity contribution is -0.127. The standard InChI is InChI=1S/C31H38N2O5S/c1-30(2,3)22-12-15-24(16-13-22)37-19-18-32-29(34)28-21-33(39(35,36)25-10-8-7-9-11-25)26-20-23(31(4,5)6)14-17-27(26)38-28/h7-17,20,28H,18-19,21H2,1-6H3,(H,32,34). The molecule has 0 bridgehead atoms. The van der Waals surface area contributed by atoms with Crippen molar-refractivity contribution in [1.29, 1.82) is 0 Å². The highest BCUT2D eigenvalue weighted by Crippen LogP contribution is 2.40.